The zero-order valence-electron chi connectivity index (χ0n) is 5.06. The standard InChI is InChI=1S/C6H6O3P/c7-10(8,9)6-4-2-1-3-5-6/h2-5H,(H2,7,8,9). The minimum absolute atomic E-state index is 0.0336. The molecule has 2 N–H and O–H groups in total. The van der Waals surface area contributed by atoms with E-state index in [1.807, 2.05) is 0 Å². The first-order chi connectivity index (χ1) is 4.61. The van der Waals surface area contributed by atoms with E-state index in [9.17, 15) is 4.57 Å². The van der Waals surface area contributed by atoms with Gasteiger partial charge >= 0.3 is 7.60 Å². The topological polar surface area (TPSA) is 57.5 Å². The Morgan fingerprint density at radius 1 is 1.30 bits per heavy atom. The van der Waals surface area contributed by atoms with E-state index in [-0.39, 0.29) is 5.30 Å². The zero-order valence-corrected chi connectivity index (χ0v) is 5.95. The van der Waals surface area contributed by atoms with Crippen LogP contribution in [0, 0.1) is 6.07 Å². The summed E-state index contributed by atoms with van der Waals surface area (Å²) in [6.45, 7) is 0. The lowest BCUT2D eigenvalue weighted by Crippen LogP contribution is -2.01. The highest BCUT2D eigenvalue weighted by atomic mass is 31.2. The smallest absolute Gasteiger partial charge is 0.321 e. The van der Waals surface area contributed by atoms with E-state index >= 15 is 0 Å². The van der Waals surface area contributed by atoms with Crippen molar-refractivity contribution < 1.29 is 14.4 Å². The first-order valence-electron chi connectivity index (χ1n) is 2.63. The van der Waals surface area contributed by atoms with E-state index in [2.05, 4.69) is 6.07 Å². The summed E-state index contributed by atoms with van der Waals surface area (Å²) < 4.78 is 10.5. The second-order valence-corrected chi connectivity index (χ2v) is 3.41. The van der Waals surface area contributed by atoms with Crippen LogP contribution in [0.1, 0.15) is 0 Å². The van der Waals surface area contributed by atoms with E-state index in [0.717, 1.165) is 0 Å². The van der Waals surface area contributed by atoms with Crippen LogP contribution in [0.4, 0.5) is 0 Å². The highest BCUT2D eigenvalue weighted by Crippen LogP contribution is 2.32. The van der Waals surface area contributed by atoms with Crippen molar-refractivity contribution in [1.29, 1.82) is 0 Å². The minimum Gasteiger partial charge on any atom is -0.321 e. The molecule has 1 aromatic rings. The Kier molecular flexibility index (Phi) is 1.90. The molecule has 0 amide bonds. The monoisotopic (exact) mass is 157 g/mol. The molecule has 0 saturated heterocycles. The molecule has 1 aromatic carbocycles. The molecule has 0 atom stereocenters. The van der Waals surface area contributed by atoms with Crippen LogP contribution in [-0.4, -0.2) is 9.79 Å². The molecule has 0 aliphatic carbocycles. The minimum atomic E-state index is -4.04. The summed E-state index contributed by atoms with van der Waals surface area (Å²) in [4.78, 5) is 17.2. The first-order valence-corrected chi connectivity index (χ1v) is 4.24. The average molecular weight is 157 g/mol. The van der Waals surface area contributed by atoms with E-state index in [1.165, 1.54) is 24.3 Å². The average Bonchev–Trinajstić information content (AvgIpc) is 1.88. The van der Waals surface area contributed by atoms with E-state index < -0.39 is 7.60 Å². The fraction of sp³-hybridized carbons (Fsp3) is 0. The van der Waals surface area contributed by atoms with Crippen molar-refractivity contribution in [3.8, 4) is 0 Å². The predicted molar refractivity (Wildman–Crippen MR) is 37.0 cm³/mol. The lowest BCUT2D eigenvalue weighted by atomic mass is 10.4. The van der Waals surface area contributed by atoms with Crippen LogP contribution < -0.4 is 5.30 Å². The van der Waals surface area contributed by atoms with E-state index in [4.69, 9.17) is 9.79 Å². The van der Waals surface area contributed by atoms with Crippen LogP contribution in [0.3, 0.4) is 0 Å². The van der Waals surface area contributed by atoms with Crippen molar-refractivity contribution in [3.05, 3.63) is 30.3 Å². The van der Waals surface area contributed by atoms with Gasteiger partial charge in [-0.2, -0.15) is 0 Å². The fourth-order valence-corrected chi connectivity index (χ4v) is 1.11. The summed E-state index contributed by atoms with van der Waals surface area (Å²) in [7, 11) is -4.04. The third-order valence-electron chi connectivity index (χ3n) is 1.04. The van der Waals surface area contributed by atoms with Crippen LogP contribution in [0.2, 0.25) is 0 Å². The molecule has 0 aromatic heterocycles. The van der Waals surface area contributed by atoms with Crippen molar-refractivity contribution in [1.82, 2.24) is 0 Å². The number of hydrogen-bond acceptors (Lipinski definition) is 1. The molecule has 0 saturated carbocycles. The first kappa shape index (κ1) is 7.48. The van der Waals surface area contributed by atoms with Gasteiger partial charge in [0.1, 0.15) is 0 Å². The predicted octanol–water partition coefficient (Wildman–Crippen LogP) is 0.290. The van der Waals surface area contributed by atoms with Gasteiger partial charge in [-0.15, -0.1) is 0 Å². The highest BCUT2D eigenvalue weighted by molar-refractivity contribution is 7.60. The van der Waals surface area contributed by atoms with Crippen molar-refractivity contribution in [3.63, 3.8) is 0 Å². The Balaban J connectivity index is 3.09. The largest absolute Gasteiger partial charge is 0.356 e. The van der Waals surface area contributed by atoms with E-state index in [0.29, 0.717) is 0 Å². The van der Waals surface area contributed by atoms with Crippen LogP contribution in [0.15, 0.2) is 24.3 Å². The van der Waals surface area contributed by atoms with Gasteiger partial charge in [-0.1, -0.05) is 12.1 Å². The molecule has 1 radical (unpaired) electrons. The van der Waals surface area contributed by atoms with Gasteiger partial charge in [0.05, 0.1) is 5.30 Å². The fourth-order valence-electron chi connectivity index (χ4n) is 0.572. The maximum absolute atomic E-state index is 10.5. The number of rotatable bonds is 1. The maximum Gasteiger partial charge on any atom is 0.356 e. The molecule has 0 unspecified atom stereocenters. The molecular weight excluding hydrogens is 151 g/mol. The molecule has 0 aliphatic heterocycles. The van der Waals surface area contributed by atoms with Gasteiger partial charge in [0.15, 0.2) is 0 Å². The highest BCUT2D eigenvalue weighted by Gasteiger charge is 2.14. The Bertz CT molecular complexity index is 251. The van der Waals surface area contributed by atoms with Crippen LogP contribution in [-0.2, 0) is 4.57 Å². The molecule has 0 bridgehead atoms. The molecule has 53 valence electrons. The summed E-state index contributed by atoms with van der Waals surface area (Å²) >= 11 is 0. The van der Waals surface area contributed by atoms with Gasteiger partial charge < -0.3 is 9.79 Å². The molecule has 0 spiro atoms. The molecule has 4 heteroatoms. The molecule has 3 nitrogen and oxygen atoms in total. The lowest BCUT2D eigenvalue weighted by Gasteiger charge is -2.00. The second kappa shape index (κ2) is 2.54. The summed E-state index contributed by atoms with van der Waals surface area (Å²) in [5, 5.41) is 0.0336. The van der Waals surface area contributed by atoms with Gasteiger partial charge in [-0.25, -0.2) is 0 Å². The summed E-state index contributed by atoms with van der Waals surface area (Å²) in [6, 6.07) is 8.29. The van der Waals surface area contributed by atoms with Crippen molar-refractivity contribution >= 4 is 12.9 Å². The van der Waals surface area contributed by atoms with Crippen molar-refractivity contribution in [2.45, 2.75) is 0 Å². The third kappa shape index (κ3) is 1.67. The Morgan fingerprint density at radius 3 is 2.10 bits per heavy atom. The molecule has 0 fully saturated rings. The molecule has 10 heavy (non-hydrogen) atoms. The summed E-state index contributed by atoms with van der Waals surface area (Å²) in [5.74, 6) is 0. The maximum atomic E-state index is 10.5. The summed E-state index contributed by atoms with van der Waals surface area (Å²) in [6.07, 6.45) is 0. The van der Waals surface area contributed by atoms with Crippen LogP contribution >= 0.6 is 7.60 Å². The van der Waals surface area contributed by atoms with Gasteiger partial charge in [0, 0.05) is 0 Å². The molecule has 1 rings (SSSR count). The zero-order chi connectivity index (χ0) is 7.61. The van der Waals surface area contributed by atoms with Crippen molar-refractivity contribution in [2.24, 2.45) is 0 Å². The van der Waals surface area contributed by atoms with Gasteiger partial charge in [-0.3, -0.25) is 4.57 Å². The lowest BCUT2D eigenvalue weighted by molar-refractivity contribution is 0.387. The second-order valence-electron chi connectivity index (χ2n) is 1.80. The van der Waals surface area contributed by atoms with Gasteiger partial charge in [0.2, 0.25) is 0 Å². The summed E-state index contributed by atoms with van der Waals surface area (Å²) in [5.41, 5.74) is 0. The van der Waals surface area contributed by atoms with Crippen molar-refractivity contribution in [2.75, 3.05) is 0 Å². The molecule has 0 aliphatic rings. The van der Waals surface area contributed by atoms with Crippen LogP contribution in [0.5, 0.6) is 0 Å². The molecule has 0 heterocycles. The SMILES string of the molecule is O=P(O)(O)c1cc[c]cc1. The third-order valence-corrected chi connectivity index (χ3v) is 2.01. The Labute approximate surface area is 58.5 Å². The number of benzene rings is 1. The van der Waals surface area contributed by atoms with Gasteiger partial charge in [0.25, 0.3) is 0 Å². The van der Waals surface area contributed by atoms with Gasteiger partial charge in [-0.05, 0) is 18.2 Å². The van der Waals surface area contributed by atoms with E-state index in [1.54, 1.807) is 0 Å². The van der Waals surface area contributed by atoms with Crippen LogP contribution in [0.25, 0.3) is 0 Å². The normalized spacial score (nSPS) is 11.4. The number of hydrogen-bond donors (Lipinski definition) is 2. The Morgan fingerprint density at radius 2 is 1.80 bits per heavy atom. The quantitative estimate of drug-likeness (QED) is 0.576. The Hall–Kier alpha value is -0.630. The molecular formula is C6H6O3P.